The van der Waals surface area contributed by atoms with Gasteiger partial charge in [0, 0.05) is 6.07 Å². The average molecular weight is 365 g/mol. The molecule has 1 N–H and O–H groups in total. The van der Waals surface area contributed by atoms with Gasteiger partial charge in [-0.15, -0.1) is 10.2 Å². The van der Waals surface area contributed by atoms with Crippen LogP contribution in [-0.2, 0) is 4.79 Å². The number of halogens is 2. The first-order chi connectivity index (χ1) is 11.9. The van der Waals surface area contributed by atoms with Gasteiger partial charge in [-0.2, -0.15) is 0 Å². The first-order valence-corrected chi connectivity index (χ1v) is 8.12. The van der Waals surface area contributed by atoms with Crippen LogP contribution in [-0.4, -0.2) is 21.4 Å². The third kappa shape index (κ3) is 3.87. The zero-order valence-electron chi connectivity index (χ0n) is 13.2. The van der Waals surface area contributed by atoms with E-state index in [0.717, 1.165) is 23.9 Å². The highest BCUT2D eigenvalue weighted by Gasteiger charge is 2.20. The van der Waals surface area contributed by atoms with Crippen LogP contribution in [0.25, 0.3) is 11.5 Å². The number of nitrogens with one attached hydrogen (secondary N) is 1. The fraction of sp³-hybridized carbons (Fsp3) is 0.188. The molecule has 1 atom stereocenters. The van der Waals surface area contributed by atoms with Gasteiger partial charge in [0.1, 0.15) is 17.4 Å². The van der Waals surface area contributed by atoms with Gasteiger partial charge in [-0.25, -0.2) is 8.78 Å². The Bertz CT molecular complexity index is 910. The first kappa shape index (κ1) is 17.2. The molecule has 0 aliphatic carbocycles. The molecule has 0 bridgehead atoms. The molecule has 9 heteroatoms. The van der Waals surface area contributed by atoms with Crippen LogP contribution in [0.1, 0.15) is 12.7 Å². The number of rotatable bonds is 5. The van der Waals surface area contributed by atoms with Gasteiger partial charge in [-0.1, -0.05) is 11.8 Å². The lowest BCUT2D eigenvalue weighted by molar-refractivity contribution is -0.115. The minimum absolute atomic E-state index is 0.0981. The quantitative estimate of drug-likeness (QED) is 0.688. The van der Waals surface area contributed by atoms with Gasteiger partial charge < -0.3 is 14.2 Å². The van der Waals surface area contributed by atoms with Crippen molar-refractivity contribution < 1.29 is 22.4 Å². The molecular weight excluding hydrogens is 352 g/mol. The molecule has 0 saturated heterocycles. The highest BCUT2D eigenvalue weighted by molar-refractivity contribution is 8.00. The molecule has 1 amide bonds. The van der Waals surface area contributed by atoms with Gasteiger partial charge >= 0.3 is 0 Å². The highest BCUT2D eigenvalue weighted by atomic mass is 32.2. The summed E-state index contributed by atoms with van der Waals surface area (Å²) in [6, 6.07) is 4.62. The Morgan fingerprint density at radius 1 is 1.28 bits per heavy atom. The normalized spacial score (nSPS) is 12.2. The zero-order valence-corrected chi connectivity index (χ0v) is 14.1. The Hall–Kier alpha value is -2.68. The SMILES string of the molecule is Cc1occc1-c1nnc(S[C@@H](C)C(=O)Nc2ccc(F)cc2F)o1. The maximum absolute atomic E-state index is 13.6. The molecule has 130 valence electrons. The fourth-order valence-corrected chi connectivity index (χ4v) is 2.69. The van der Waals surface area contributed by atoms with Crippen molar-refractivity contribution in [3.05, 3.63) is 47.9 Å². The summed E-state index contributed by atoms with van der Waals surface area (Å²) in [5.41, 5.74) is 0.573. The van der Waals surface area contributed by atoms with Crippen molar-refractivity contribution in [3.8, 4) is 11.5 Å². The van der Waals surface area contributed by atoms with E-state index in [2.05, 4.69) is 15.5 Å². The Morgan fingerprint density at radius 2 is 2.08 bits per heavy atom. The summed E-state index contributed by atoms with van der Waals surface area (Å²) >= 11 is 1.02. The Morgan fingerprint density at radius 3 is 2.76 bits per heavy atom. The van der Waals surface area contributed by atoms with Crippen LogP contribution >= 0.6 is 11.8 Å². The summed E-state index contributed by atoms with van der Waals surface area (Å²) < 4.78 is 37.1. The molecule has 0 spiro atoms. The second kappa shape index (κ2) is 7.06. The largest absolute Gasteiger partial charge is 0.469 e. The van der Waals surface area contributed by atoms with Crippen molar-refractivity contribution in [3.63, 3.8) is 0 Å². The lowest BCUT2D eigenvalue weighted by atomic mass is 10.3. The van der Waals surface area contributed by atoms with Crippen molar-refractivity contribution in [1.29, 1.82) is 0 Å². The molecule has 2 heterocycles. The van der Waals surface area contributed by atoms with Crippen LogP contribution in [0, 0.1) is 18.6 Å². The predicted octanol–water partition coefficient (Wildman–Crippen LogP) is 4.04. The minimum Gasteiger partial charge on any atom is -0.469 e. The van der Waals surface area contributed by atoms with Gasteiger partial charge in [0.2, 0.25) is 5.91 Å². The Kier molecular flexibility index (Phi) is 4.84. The van der Waals surface area contributed by atoms with Gasteiger partial charge in [0.15, 0.2) is 0 Å². The van der Waals surface area contributed by atoms with Crippen molar-refractivity contribution in [2.75, 3.05) is 5.32 Å². The lowest BCUT2D eigenvalue weighted by Gasteiger charge is -2.10. The summed E-state index contributed by atoms with van der Waals surface area (Å²) in [4.78, 5) is 12.1. The number of hydrogen-bond acceptors (Lipinski definition) is 6. The molecule has 0 fully saturated rings. The van der Waals surface area contributed by atoms with Crippen molar-refractivity contribution in [2.45, 2.75) is 24.3 Å². The molecule has 0 aliphatic rings. The van der Waals surface area contributed by atoms with Gasteiger partial charge in [0.05, 0.1) is 22.8 Å². The molecule has 0 radical (unpaired) electrons. The molecule has 0 aliphatic heterocycles. The van der Waals surface area contributed by atoms with E-state index in [1.807, 2.05) is 0 Å². The molecule has 2 aromatic heterocycles. The van der Waals surface area contributed by atoms with E-state index in [4.69, 9.17) is 8.83 Å². The first-order valence-electron chi connectivity index (χ1n) is 7.24. The van der Waals surface area contributed by atoms with Crippen molar-refractivity contribution in [2.24, 2.45) is 0 Å². The standard InChI is InChI=1S/C16H13F2N3O3S/c1-8-11(5-6-23-8)15-20-21-16(24-15)25-9(2)14(22)19-13-4-3-10(17)7-12(13)18/h3-7,9H,1-2H3,(H,19,22)/t9-/m0/s1. The molecule has 6 nitrogen and oxygen atoms in total. The van der Waals surface area contributed by atoms with Crippen LogP contribution < -0.4 is 5.32 Å². The smallest absolute Gasteiger partial charge is 0.277 e. The number of hydrogen-bond donors (Lipinski definition) is 1. The number of aromatic nitrogens is 2. The molecule has 25 heavy (non-hydrogen) atoms. The number of nitrogens with zero attached hydrogens (tertiary/aromatic N) is 2. The monoisotopic (exact) mass is 365 g/mol. The number of thioether (sulfide) groups is 1. The lowest BCUT2D eigenvalue weighted by Crippen LogP contribution is -2.23. The predicted molar refractivity (Wildman–Crippen MR) is 87.0 cm³/mol. The van der Waals surface area contributed by atoms with E-state index in [1.54, 1.807) is 19.9 Å². The third-order valence-electron chi connectivity index (χ3n) is 3.33. The number of benzene rings is 1. The molecule has 1 aromatic carbocycles. The topological polar surface area (TPSA) is 81.2 Å². The Labute approximate surface area is 145 Å². The summed E-state index contributed by atoms with van der Waals surface area (Å²) in [5, 5.41) is 9.73. The number of furan rings is 1. The Balaban J connectivity index is 1.66. The second-order valence-electron chi connectivity index (χ2n) is 5.14. The molecule has 3 rings (SSSR count). The van der Waals surface area contributed by atoms with E-state index in [0.29, 0.717) is 17.4 Å². The number of carbonyl (C=O) groups is 1. The summed E-state index contributed by atoms with van der Waals surface area (Å²) in [6.07, 6.45) is 1.51. The fourth-order valence-electron chi connectivity index (χ4n) is 2.00. The number of amides is 1. The van der Waals surface area contributed by atoms with E-state index >= 15 is 0 Å². The number of carbonyl (C=O) groups excluding carboxylic acids is 1. The second-order valence-corrected chi connectivity index (χ2v) is 6.43. The summed E-state index contributed by atoms with van der Waals surface area (Å²) in [6.45, 7) is 3.37. The van der Waals surface area contributed by atoms with E-state index in [-0.39, 0.29) is 16.8 Å². The summed E-state index contributed by atoms with van der Waals surface area (Å²) in [5.74, 6) is -1.12. The van der Waals surface area contributed by atoms with Crippen molar-refractivity contribution in [1.82, 2.24) is 10.2 Å². The maximum Gasteiger partial charge on any atom is 0.277 e. The number of anilines is 1. The van der Waals surface area contributed by atoms with Crippen LogP contribution in [0.3, 0.4) is 0 Å². The number of aryl methyl sites for hydroxylation is 1. The van der Waals surface area contributed by atoms with E-state index < -0.39 is 22.8 Å². The van der Waals surface area contributed by atoms with E-state index in [9.17, 15) is 13.6 Å². The average Bonchev–Trinajstić information content (AvgIpc) is 3.18. The zero-order chi connectivity index (χ0) is 18.0. The highest BCUT2D eigenvalue weighted by Crippen LogP contribution is 2.28. The van der Waals surface area contributed by atoms with Gasteiger partial charge in [-0.3, -0.25) is 4.79 Å². The van der Waals surface area contributed by atoms with Crippen LogP contribution in [0.5, 0.6) is 0 Å². The molecule has 3 aromatic rings. The molecular formula is C16H13F2N3O3S. The maximum atomic E-state index is 13.6. The molecule has 0 saturated carbocycles. The van der Waals surface area contributed by atoms with Crippen LogP contribution in [0.15, 0.2) is 44.6 Å². The van der Waals surface area contributed by atoms with Crippen molar-refractivity contribution >= 4 is 23.4 Å². The third-order valence-corrected chi connectivity index (χ3v) is 4.27. The van der Waals surface area contributed by atoms with Gasteiger partial charge in [0.25, 0.3) is 11.1 Å². The van der Waals surface area contributed by atoms with Crippen LogP contribution in [0.4, 0.5) is 14.5 Å². The van der Waals surface area contributed by atoms with E-state index in [1.165, 1.54) is 6.26 Å². The van der Waals surface area contributed by atoms with Gasteiger partial charge in [-0.05, 0) is 32.0 Å². The minimum atomic E-state index is -0.846. The summed E-state index contributed by atoms with van der Waals surface area (Å²) in [7, 11) is 0. The molecule has 0 unspecified atom stereocenters. The van der Waals surface area contributed by atoms with Crippen LogP contribution in [0.2, 0.25) is 0 Å².